The van der Waals surface area contributed by atoms with Gasteiger partial charge in [-0.2, -0.15) is 13.3 Å². The van der Waals surface area contributed by atoms with Crippen molar-refractivity contribution in [2.45, 2.75) is 73.1 Å². The smallest absolute Gasteiger partial charge is 0.512 e. The topological polar surface area (TPSA) is 36.8 Å². The van der Waals surface area contributed by atoms with E-state index in [1.807, 2.05) is 0 Å². The fourth-order valence-corrected chi connectivity index (χ4v) is 5.71. The SMILES string of the molecule is CC1=C(C)N(c2[c-]c(N3[CH-]N(C)c4ccccc43)cc(-c3c(C(C)C)cc(C(C)C)cc3C(C)C)c2)[CH-]N1C.[C-]#N.[Pt+4]. The van der Waals surface area contributed by atoms with E-state index in [1.165, 1.54) is 50.6 Å². The average molecular weight is 741 g/mol. The predicted octanol–water partition coefficient (Wildman–Crippen LogP) is 9.45. The zero-order chi connectivity index (χ0) is 30.2. The minimum absolute atomic E-state index is 0. The third-order valence-electron chi connectivity index (χ3n) is 8.29. The van der Waals surface area contributed by atoms with Crippen molar-refractivity contribution in [1.82, 2.24) is 4.90 Å². The molecule has 0 fully saturated rings. The molecule has 0 aliphatic carbocycles. The van der Waals surface area contributed by atoms with Crippen molar-refractivity contribution < 1.29 is 21.1 Å². The molecule has 0 aromatic heterocycles. The van der Waals surface area contributed by atoms with Crippen LogP contribution in [0.1, 0.15) is 89.8 Å². The largest absolute Gasteiger partial charge is 4.00 e. The van der Waals surface area contributed by atoms with Gasteiger partial charge in [-0.25, -0.2) is 0 Å². The Hall–Kier alpha value is -3.22. The molecule has 3 aromatic carbocycles. The van der Waals surface area contributed by atoms with E-state index in [4.69, 9.17) is 11.8 Å². The number of anilines is 4. The third kappa shape index (κ3) is 6.11. The number of nitrogens with zero attached hydrogens (tertiary/aromatic N) is 5. The molecule has 0 radical (unpaired) electrons. The van der Waals surface area contributed by atoms with Gasteiger partial charge in [0.05, 0.1) is 0 Å². The summed E-state index contributed by atoms with van der Waals surface area (Å²) < 4.78 is 0. The number of para-hydroxylation sites is 2. The van der Waals surface area contributed by atoms with E-state index in [0.717, 1.165) is 11.4 Å². The minimum atomic E-state index is 0. The zero-order valence-corrected chi connectivity index (χ0v) is 28.8. The Kier molecular flexibility index (Phi) is 10.6. The first-order valence-corrected chi connectivity index (χ1v) is 14.5. The van der Waals surface area contributed by atoms with Crippen molar-refractivity contribution in [2.24, 2.45) is 0 Å². The van der Waals surface area contributed by atoms with E-state index < -0.39 is 0 Å². The molecule has 2 aliphatic rings. The number of allylic oxidation sites excluding steroid dienone is 2. The van der Waals surface area contributed by atoms with Crippen LogP contribution in [0.25, 0.3) is 11.1 Å². The second-order valence-electron chi connectivity index (χ2n) is 12.0. The molecule has 0 unspecified atom stereocenters. The van der Waals surface area contributed by atoms with Gasteiger partial charge in [0.1, 0.15) is 0 Å². The summed E-state index contributed by atoms with van der Waals surface area (Å²) in [6.07, 6.45) is 0. The summed E-state index contributed by atoms with van der Waals surface area (Å²) in [5, 5.41) is 6.25. The van der Waals surface area contributed by atoms with Crippen LogP contribution in [0.5, 0.6) is 0 Å². The first-order valence-electron chi connectivity index (χ1n) is 14.5. The maximum absolute atomic E-state index is 6.25. The number of fused-ring (bicyclic) bond motifs is 1. The Bertz CT molecular complexity index is 1440. The minimum Gasteiger partial charge on any atom is -0.512 e. The summed E-state index contributed by atoms with van der Waals surface area (Å²) in [4.78, 5) is 8.94. The van der Waals surface area contributed by atoms with Crippen LogP contribution in [0.15, 0.2) is 59.9 Å². The van der Waals surface area contributed by atoms with Crippen LogP contribution in [0.3, 0.4) is 0 Å². The van der Waals surface area contributed by atoms with Gasteiger partial charge in [0.15, 0.2) is 0 Å². The predicted molar refractivity (Wildman–Crippen MR) is 172 cm³/mol. The molecule has 6 heteroatoms. The molecule has 222 valence electrons. The Balaban J connectivity index is 0.00000158. The monoisotopic (exact) mass is 740 g/mol. The fourth-order valence-electron chi connectivity index (χ4n) is 5.71. The van der Waals surface area contributed by atoms with E-state index >= 15 is 0 Å². The van der Waals surface area contributed by atoms with E-state index in [2.05, 4.69) is 157 Å². The molecule has 42 heavy (non-hydrogen) atoms. The van der Waals surface area contributed by atoms with E-state index in [0.29, 0.717) is 17.8 Å². The Morgan fingerprint density at radius 3 is 1.67 bits per heavy atom. The second kappa shape index (κ2) is 13.4. The summed E-state index contributed by atoms with van der Waals surface area (Å²) in [7, 11) is 4.23. The summed E-state index contributed by atoms with van der Waals surface area (Å²) in [5.41, 5.74) is 13.8. The van der Waals surface area contributed by atoms with Crippen LogP contribution in [0, 0.1) is 31.2 Å². The van der Waals surface area contributed by atoms with Crippen molar-refractivity contribution in [3.05, 3.63) is 103 Å². The molecule has 0 spiro atoms. The summed E-state index contributed by atoms with van der Waals surface area (Å²) in [5.74, 6) is 1.30. The molecule has 0 saturated carbocycles. The van der Waals surface area contributed by atoms with Gasteiger partial charge in [0.2, 0.25) is 0 Å². The van der Waals surface area contributed by atoms with Crippen LogP contribution in [0.4, 0.5) is 22.7 Å². The van der Waals surface area contributed by atoms with Gasteiger partial charge in [-0.15, -0.1) is 35.1 Å². The van der Waals surface area contributed by atoms with Gasteiger partial charge >= 0.3 is 21.1 Å². The van der Waals surface area contributed by atoms with Crippen LogP contribution >= 0.6 is 0 Å². The first-order chi connectivity index (χ1) is 19.5. The maximum atomic E-state index is 6.25. The first kappa shape index (κ1) is 33.3. The summed E-state index contributed by atoms with van der Waals surface area (Å²) in [6, 6.07) is 21.9. The van der Waals surface area contributed by atoms with Crippen molar-refractivity contribution >= 4 is 22.7 Å². The molecule has 0 N–H and O–H groups in total. The van der Waals surface area contributed by atoms with Gasteiger partial charge < -0.3 is 31.4 Å². The molecule has 0 bridgehead atoms. The van der Waals surface area contributed by atoms with Gasteiger partial charge in [0.25, 0.3) is 0 Å². The van der Waals surface area contributed by atoms with Gasteiger partial charge in [0, 0.05) is 17.1 Å². The number of hydrogen-bond donors (Lipinski definition) is 0. The molecule has 2 aliphatic heterocycles. The van der Waals surface area contributed by atoms with Crippen molar-refractivity contribution in [3.8, 4) is 11.1 Å². The van der Waals surface area contributed by atoms with Crippen molar-refractivity contribution in [3.63, 3.8) is 0 Å². The Labute approximate surface area is 268 Å². The number of rotatable bonds is 6. The second-order valence-corrected chi connectivity index (χ2v) is 12.0. The van der Waals surface area contributed by atoms with Gasteiger partial charge in [-0.1, -0.05) is 65.8 Å². The molecule has 2 heterocycles. The molecule has 3 aromatic rings. The van der Waals surface area contributed by atoms with Crippen LogP contribution in [0.2, 0.25) is 0 Å². The van der Waals surface area contributed by atoms with E-state index in [9.17, 15) is 0 Å². The molecule has 0 atom stereocenters. The summed E-state index contributed by atoms with van der Waals surface area (Å²) >= 11 is 0. The molecular formula is C36H43N5Pt. The quantitative estimate of drug-likeness (QED) is 0.236. The van der Waals surface area contributed by atoms with E-state index in [-0.39, 0.29) is 21.1 Å². The molecule has 5 nitrogen and oxygen atoms in total. The number of benzene rings is 3. The Morgan fingerprint density at radius 2 is 1.19 bits per heavy atom. The fraction of sp³-hybridized carbons (Fsp3) is 0.361. The van der Waals surface area contributed by atoms with Crippen molar-refractivity contribution in [2.75, 3.05) is 28.8 Å². The Morgan fingerprint density at radius 1 is 0.690 bits per heavy atom. The standard InChI is InChI=1S/C35H43N4.CN.Pt/c1-22(2)27-17-31(23(3)4)35(32(18-27)24(5)6)28-15-29(38-20-36(9)25(7)26(38)8)19-30(16-28)39-21-37(10)33-13-11-12-14-34(33)39;1-2;/h11-18,20-24H,1-10H3;;/q-3;-1;+4. The third-order valence-corrected chi connectivity index (χ3v) is 8.29. The van der Waals surface area contributed by atoms with Crippen LogP contribution in [-0.2, 0) is 21.1 Å². The molecule has 0 saturated heterocycles. The van der Waals surface area contributed by atoms with Gasteiger partial charge in [-0.05, 0) is 85.8 Å². The molecule has 0 amide bonds. The summed E-state index contributed by atoms with van der Waals surface area (Å²) in [6.45, 7) is 27.3. The maximum Gasteiger partial charge on any atom is 4.00 e. The molecule has 5 rings (SSSR count). The van der Waals surface area contributed by atoms with Crippen molar-refractivity contribution in [1.29, 1.82) is 5.26 Å². The normalized spacial score (nSPS) is 14.5. The van der Waals surface area contributed by atoms with Crippen LogP contribution < -0.4 is 14.7 Å². The zero-order valence-electron chi connectivity index (χ0n) is 26.6. The average Bonchev–Trinajstić information content (AvgIpc) is 3.44. The van der Waals surface area contributed by atoms with Crippen LogP contribution in [-0.4, -0.2) is 19.0 Å². The van der Waals surface area contributed by atoms with E-state index in [1.54, 1.807) is 0 Å². The number of hydrogen-bond acceptors (Lipinski definition) is 5. The van der Waals surface area contributed by atoms with Gasteiger partial charge in [-0.3, -0.25) is 0 Å². The molecular weight excluding hydrogens is 698 g/mol.